The molecule has 0 saturated carbocycles. The van der Waals surface area contributed by atoms with Crippen LogP contribution in [0.15, 0.2) is 23.8 Å². The van der Waals surface area contributed by atoms with E-state index < -0.39 is 6.10 Å². The molecule has 1 atom stereocenters. The summed E-state index contributed by atoms with van der Waals surface area (Å²) in [5.74, 6) is 0. The molecule has 1 unspecified atom stereocenters. The molecule has 2 aromatic rings. The topological polar surface area (TPSA) is 72.0 Å². The second-order valence-electron chi connectivity index (χ2n) is 3.99. The smallest absolute Gasteiger partial charge is 0.0897 e. The van der Waals surface area contributed by atoms with E-state index in [9.17, 15) is 5.11 Å². The molecule has 0 aromatic carbocycles. The first kappa shape index (κ1) is 12.0. The third-order valence-electron chi connectivity index (χ3n) is 2.51. The molecule has 0 spiro atoms. The summed E-state index contributed by atoms with van der Waals surface area (Å²) in [6.45, 7) is 1.96. The van der Waals surface area contributed by atoms with Gasteiger partial charge < -0.3 is 10.8 Å². The number of thiazole rings is 1. The largest absolute Gasteiger partial charge is 0.398 e. The van der Waals surface area contributed by atoms with Crippen LogP contribution >= 0.6 is 11.3 Å². The number of aliphatic hydroxyl groups is 1. The molecule has 0 radical (unpaired) electrons. The highest BCUT2D eigenvalue weighted by Crippen LogP contribution is 2.15. The lowest BCUT2D eigenvalue weighted by molar-refractivity contribution is 0.174. The summed E-state index contributed by atoms with van der Waals surface area (Å²) in [4.78, 5) is 8.33. The maximum absolute atomic E-state index is 9.97. The Morgan fingerprint density at radius 2 is 2.29 bits per heavy atom. The number of nitrogens with two attached hydrogens (primary N) is 1. The number of nitrogens with zero attached hydrogens (tertiary/aromatic N) is 2. The Morgan fingerprint density at radius 1 is 1.47 bits per heavy atom. The SMILES string of the molecule is Cc1nc(CC(O)Cc2cnccc2N)cs1. The summed E-state index contributed by atoms with van der Waals surface area (Å²) in [5, 5.41) is 13.0. The zero-order chi connectivity index (χ0) is 12.3. The molecule has 2 heterocycles. The van der Waals surface area contributed by atoms with E-state index in [1.165, 1.54) is 0 Å². The molecule has 2 aromatic heterocycles. The Kier molecular flexibility index (Phi) is 3.71. The number of nitrogen functional groups attached to an aromatic ring is 1. The average molecular weight is 249 g/mol. The molecule has 3 N–H and O–H groups in total. The summed E-state index contributed by atoms with van der Waals surface area (Å²) >= 11 is 1.60. The van der Waals surface area contributed by atoms with Crippen LogP contribution in [-0.2, 0) is 12.8 Å². The molecular weight excluding hydrogens is 234 g/mol. The highest BCUT2D eigenvalue weighted by Gasteiger charge is 2.10. The van der Waals surface area contributed by atoms with Gasteiger partial charge in [-0.3, -0.25) is 4.98 Å². The van der Waals surface area contributed by atoms with E-state index in [1.807, 2.05) is 12.3 Å². The van der Waals surface area contributed by atoms with Crippen LogP contribution in [0.25, 0.3) is 0 Å². The van der Waals surface area contributed by atoms with Crippen LogP contribution in [0.3, 0.4) is 0 Å². The molecule has 0 bridgehead atoms. The number of rotatable bonds is 4. The maximum Gasteiger partial charge on any atom is 0.0897 e. The highest BCUT2D eigenvalue weighted by molar-refractivity contribution is 7.09. The van der Waals surface area contributed by atoms with E-state index in [2.05, 4.69) is 9.97 Å². The quantitative estimate of drug-likeness (QED) is 0.863. The first-order chi connectivity index (χ1) is 8.15. The summed E-state index contributed by atoms with van der Waals surface area (Å²) in [6, 6.07) is 1.75. The van der Waals surface area contributed by atoms with E-state index in [0.717, 1.165) is 16.3 Å². The zero-order valence-corrected chi connectivity index (χ0v) is 10.4. The molecule has 17 heavy (non-hydrogen) atoms. The number of aromatic nitrogens is 2. The van der Waals surface area contributed by atoms with Gasteiger partial charge in [-0.05, 0) is 18.6 Å². The van der Waals surface area contributed by atoms with Crippen LogP contribution in [0.4, 0.5) is 5.69 Å². The summed E-state index contributed by atoms with van der Waals surface area (Å²) < 4.78 is 0. The van der Waals surface area contributed by atoms with E-state index in [4.69, 9.17) is 5.73 Å². The van der Waals surface area contributed by atoms with Crippen molar-refractivity contribution in [1.29, 1.82) is 0 Å². The van der Waals surface area contributed by atoms with Crippen LogP contribution in [0.2, 0.25) is 0 Å². The molecular formula is C12H15N3OS. The van der Waals surface area contributed by atoms with E-state index in [1.54, 1.807) is 29.8 Å². The van der Waals surface area contributed by atoms with E-state index in [0.29, 0.717) is 18.5 Å². The maximum atomic E-state index is 9.97. The molecule has 0 aliphatic carbocycles. The third kappa shape index (κ3) is 3.25. The molecule has 0 aliphatic rings. The standard InChI is InChI=1S/C12H15N3OS/c1-8-15-10(7-17-8)5-11(16)4-9-6-14-3-2-12(9)13/h2-3,6-7,11,16H,4-5H2,1H3,(H2,13,14). The molecule has 0 aliphatic heterocycles. The molecule has 0 amide bonds. The van der Waals surface area contributed by atoms with Gasteiger partial charge in [-0.25, -0.2) is 4.98 Å². The van der Waals surface area contributed by atoms with Crippen molar-refractivity contribution in [3.8, 4) is 0 Å². The van der Waals surface area contributed by atoms with Crippen LogP contribution < -0.4 is 5.73 Å². The first-order valence-electron chi connectivity index (χ1n) is 5.42. The molecule has 0 saturated heterocycles. The lowest BCUT2D eigenvalue weighted by Crippen LogP contribution is -2.15. The van der Waals surface area contributed by atoms with Gasteiger partial charge in [0.15, 0.2) is 0 Å². The van der Waals surface area contributed by atoms with Crippen molar-refractivity contribution in [1.82, 2.24) is 9.97 Å². The molecule has 4 nitrogen and oxygen atoms in total. The first-order valence-corrected chi connectivity index (χ1v) is 6.30. The minimum absolute atomic E-state index is 0.469. The molecule has 0 fully saturated rings. The Labute approximate surface area is 104 Å². The predicted molar refractivity (Wildman–Crippen MR) is 68.9 cm³/mol. The number of pyridine rings is 1. The summed E-state index contributed by atoms with van der Waals surface area (Å²) in [7, 11) is 0. The van der Waals surface area contributed by atoms with Gasteiger partial charge >= 0.3 is 0 Å². The minimum Gasteiger partial charge on any atom is -0.398 e. The number of aliphatic hydroxyl groups excluding tert-OH is 1. The highest BCUT2D eigenvalue weighted by atomic mass is 32.1. The third-order valence-corrected chi connectivity index (χ3v) is 3.33. The van der Waals surface area contributed by atoms with Gasteiger partial charge in [-0.1, -0.05) is 0 Å². The second-order valence-corrected chi connectivity index (χ2v) is 5.06. The number of aryl methyl sites for hydroxylation is 1. The molecule has 5 heteroatoms. The number of hydrogen-bond acceptors (Lipinski definition) is 5. The minimum atomic E-state index is -0.469. The van der Waals surface area contributed by atoms with Gasteiger partial charge in [0.05, 0.1) is 16.8 Å². The van der Waals surface area contributed by atoms with Crippen molar-refractivity contribution in [2.45, 2.75) is 25.9 Å². The van der Waals surface area contributed by atoms with Crippen LogP contribution in [-0.4, -0.2) is 21.2 Å². The predicted octanol–water partition coefficient (Wildman–Crippen LogP) is 1.57. The van der Waals surface area contributed by atoms with Crippen molar-refractivity contribution in [3.05, 3.63) is 40.1 Å². The van der Waals surface area contributed by atoms with Crippen LogP contribution in [0, 0.1) is 6.92 Å². The Morgan fingerprint density at radius 3 is 2.94 bits per heavy atom. The normalized spacial score (nSPS) is 12.6. The molecule has 2 rings (SSSR count). The Bertz CT molecular complexity index is 498. The van der Waals surface area contributed by atoms with Gasteiger partial charge in [0, 0.05) is 36.3 Å². The van der Waals surface area contributed by atoms with Crippen LogP contribution in [0.1, 0.15) is 16.3 Å². The van der Waals surface area contributed by atoms with Gasteiger partial charge in [0.25, 0.3) is 0 Å². The molecule has 90 valence electrons. The fraction of sp³-hybridized carbons (Fsp3) is 0.333. The number of anilines is 1. The van der Waals surface area contributed by atoms with Gasteiger partial charge in [-0.2, -0.15) is 0 Å². The zero-order valence-electron chi connectivity index (χ0n) is 9.63. The fourth-order valence-electron chi connectivity index (χ4n) is 1.68. The van der Waals surface area contributed by atoms with Crippen molar-refractivity contribution in [3.63, 3.8) is 0 Å². The van der Waals surface area contributed by atoms with E-state index >= 15 is 0 Å². The summed E-state index contributed by atoms with van der Waals surface area (Å²) in [6.07, 6.45) is 3.94. The average Bonchev–Trinajstić information content (AvgIpc) is 2.67. The lowest BCUT2D eigenvalue weighted by atomic mass is 10.1. The van der Waals surface area contributed by atoms with Crippen molar-refractivity contribution < 1.29 is 5.11 Å². The van der Waals surface area contributed by atoms with Crippen LogP contribution in [0.5, 0.6) is 0 Å². The second kappa shape index (κ2) is 5.25. The van der Waals surface area contributed by atoms with Crippen molar-refractivity contribution in [2.24, 2.45) is 0 Å². The number of hydrogen-bond donors (Lipinski definition) is 2. The monoisotopic (exact) mass is 249 g/mol. The Hall–Kier alpha value is -1.46. The Balaban J connectivity index is 1.98. The summed E-state index contributed by atoms with van der Waals surface area (Å²) in [5.41, 5.74) is 8.29. The van der Waals surface area contributed by atoms with E-state index in [-0.39, 0.29) is 0 Å². The fourth-order valence-corrected chi connectivity index (χ4v) is 2.30. The van der Waals surface area contributed by atoms with Crippen molar-refractivity contribution >= 4 is 17.0 Å². The van der Waals surface area contributed by atoms with Gasteiger partial charge in [0.2, 0.25) is 0 Å². The van der Waals surface area contributed by atoms with Gasteiger partial charge in [-0.15, -0.1) is 11.3 Å². The van der Waals surface area contributed by atoms with Crippen molar-refractivity contribution in [2.75, 3.05) is 5.73 Å². The van der Waals surface area contributed by atoms with Gasteiger partial charge in [0.1, 0.15) is 0 Å². The lowest BCUT2D eigenvalue weighted by Gasteiger charge is -2.10.